The second kappa shape index (κ2) is 10.9. The molecule has 9 heteroatoms. The fraction of sp³-hybridized carbons (Fsp3) is 0.333. The van der Waals surface area contributed by atoms with E-state index < -0.39 is 0 Å². The van der Waals surface area contributed by atoms with Gasteiger partial charge >= 0.3 is 0 Å². The third kappa shape index (κ3) is 5.53. The Balaban J connectivity index is 1.43. The van der Waals surface area contributed by atoms with Crippen molar-refractivity contribution in [3.8, 4) is 5.75 Å². The molecule has 4 aromatic rings. The highest BCUT2D eigenvalue weighted by molar-refractivity contribution is 8.00. The van der Waals surface area contributed by atoms with Crippen molar-refractivity contribution in [3.63, 3.8) is 0 Å². The lowest BCUT2D eigenvalue weighted by Gasteiger charge is -2.34. The minimum atomic E-state index is 0.485. The molecule has 0 amide bonds. The number of thioether (sulfide) groups is 1. The summed E-state index contributed by atoms with van der Waals surface area (Å²) in [6.07, 6.45) is 0. The monoisotopic (exact) mass is 520 g/mol. The molecular formula is C27H32N6OS2. The summed E-state index contributed by atoms with van der Waals surface area (Å²) >= 11 is 3.47. The lowest BCUT2D eigenvalue weighted by atomic mass is 10.2. The van der Waals surface area contributed by atoms with Crippen LogP contribution in [0.4, 0.5) is 28.8 Å². The van der Waals surface area contributed by atoms with Crippen molar-refractivity contribution in [2.24, 2.45) is 0 Å². The first-order valence-electron chi connectivity index (χ1n) is 12.2. The van der Waals surface area contributed by atoms with E-state index in [1.807, 2.05) is 23.9 Å². The molecule has 1 saturated heterocycles. The van der Waals surface area contributed by atoms with E-state index in [2.05, 4.69) is 83.1 Å². The quantitative estimate of drug-likeness (QED) is 0.257. The first-order valence-corrected chi connectivity index (χ1v) is 13.9. The molecule has 0 unspecified atom stereocenters. The van der Waals surface area contributed by atoms with Crippen LogP contribution < -0.4 is 20.3 Å². The zero-order valence-electron chi connectivity index (χ0n) is 21.1. The van der Waals surface area contributed by atoms with Gasteiger partial charge in [0.25, 0.3) is 0 Å². The maximum Gasteiger partial charge on any atom is 0.229 e. The van der Waals surface area contributed by atoms with Crippen LogP contribution in [-0.4, -0.2) is 60.5 Å². The van der Waals surface area contributed by atoms with E-state index in [-0.39, 0.29) is 0 Å². The van der Waals surface area contributed by atoms with Gasteiger partial charge in [-0.2, -0.15) is 4.98 Å². The fourth-order valence-electron chi connectivity index (χ4n) is 4.22. The minimum Gasteiger partial charge on any atom is -0.494 e. The van der Waals surface area contributed by atoms with Gasteiger partial charge in [-0.1, -0.05) is 26.0 Å². The van der Waals surface area contributed by atoms with E-state index in [9.17, 15) is 0 Å². The molecular weight excluding hydrogens is 488 g/mol. The van der Waals surface area contributed by atoms with Crippen LogP contribution in [0, 0.1) is 0 Å². The van der Waals surface area contributed by atoms with Crippen molar-refractivity contribution in [2.75, 3.05) is 55.9 Å². The Morgan fingerprint density at radius 1 is 0.972 bits per heavy atom. The van der Waals surface area contributed by atoms with Gasteiger partial charge in [0.2, 0.25) is 5.95 Å². The predicted octanol–water partition coefficient (Wildman–Crippen LogP) is 6.44. The third-order valence-electron chi connectivity index (χ3n) is 6.11. The normalized spacial score (nSPS) is 14.4. The summed E-state index contributed by atoms with van der Waals surface area (Å²) in [7, 11) is 3.87. The summed E-state index contributed by atoms with van der Waals surface area (Å²) in [6, 6.07) is 16.7. The summed E-state index contributed by atoms with van der Waals surface area (Å²) in [5, 5.41) is 9.51. The number of likely N-dealkylation sites (N-methyl/N-ethyl adjacent to an activating group) is 1. The highest BCUT2D eigenvalue weighted by Crippen LogP contribution is 2.37. The minimum absolute atomic E-state index is 0.485. The molecule has 0 saturated carbocycles. The average molecular weight is 521 g/mol. The smallest absolute Gasteiger partial charge is 0.229 e. The van der Waals surface area contributed by atoms with Gasteiger partial charge in [-0.25, -0.2) is 4.98 Å². The molecule has 0 atom stereocenters. The zero-order chi connectivity index (χ0) is 25.1. The number of ether oxygens (including phenoxy) is 1. The number of methoxy groups -OCH3 is 1. The van der Waals surface area contributed by atoms with Crippen LogP contribution in [0.5, 0.6) is 5.75 Å². The Morgan fingerprint density at radius 3 is 2.56 bits per heavy atom. The molecule has 36 heavy (non-hydrogen) atoms. The van der Waals surface area contributed by atoms with Crippen LogP contribution in [0.25, 0.3) is 10.2 Å². The molecule has 0 aliphatic carbocycles. The predicted molar refractivity (Wildman–Crippen MR) is 154 cm³/mol. The molecule has 1 aliphatic heterocycles. The molecule has 188 valence electrons. The van der Waals surface area contributed by atoms with Crippen LogP contribution in [0.15, 0.2) is 58.8 Å². The molecule has 0 bridgehead atoms. The summed E-state index contributed by atoms with van der Waals surface area (Å²) in [4.78, 5) is 15.6. The third-order valence-corrected chi connectivity index (χ3v) is 8.10. The Kier molecular flexibility index (Phi) is 7.50. The van der Waals surface area contributed by atoms with Gasteiger partial charge in [0.05, 0.1) is 28.7 Å². The Labute approximate surface area is 220 Å². The average Bonchev–Trinajstić information content (AvgIpc) is 3.35. The van der Waals surface area contributed by atoms with Crippen molar-refractivity contribution in [3.05, 3.63) is 53.9 Å². The van der Waals surface area contributed by atoms with Gasteiger partial charge in [-0.15, -0.1) is 23.1 Å². The number of benzene rings is 2. The summed E-state index contributed by atoms with van der Waals surface area (Å²) in [5.41, 5.74) is 3.96. The van der Waals surface area contributed by atoms with Crippen LogP contribution in [0.3, 0.4) is 0 Å². The first-order chi connectivity index (χ1) is 17.5. The molecule has 7 nitrogen and oxygen atoms in total. The van der Waals surface area contributed by atoms with Crippen LogP contribution in [-0.2, 0) is 0 Å². The first kappa shape index (κ1) is 24.7. The van der Waals surface area contributed by atoms with Gasteiger partial charge in [0.15, 0.2) is 5.82 Å². The van der Waals surface area contributed by atoms with E-state index in [0.29, 0.717) is 11.2 Å². The number of para-hydroxylation sites is 1. The Morgan fingerprint density at radius 2 is 1.78 bits per heavy atom. The second-order valence-corrected chi connectivity index (χ2v) is 11.7. The summed E-state index contributed by atoms with van der Waals surface area (Å²) < 4.78 is 6.78. The van der Waals surface area contributed by atoms with Gasteiger partial charge in [0.1, 0.15) is 5.75 Å². The number of anilines is 5. The molecule has 2 N–H and O–H groups in total. The summed E-state index contributed by atoms with van der Waals surface area (Å²) in [6.45, 7) is 8.55. The molecule has 0 spiro atoms. The maximum absolute atomic E-state index is 5.75. The highest BCUT2D eigenvalue weighted by Gasteiger charge is 2.17. The number of hydrogen-bond acceptors (Lipinski definition) is 9. The topological polar surface area (TPSA) is 65.6 Å². The second-order valence-electron chi connectivity index (χ2n) is 9.12. The largest absolute Gasteiger partial charge is 0.494 e. The maximum atomic E-state index is 5.75. The van der Waals surface area contributed by atoms with E-state index in [1.54, 1.807) is 18.4 Å². The standard InChI is InChI=1S/C27H32N6OS2/c1-18(2)36-24-8-6-5-7-21(24)28-26-25-22(11-16-35-25)30-27(31-26)29-20-10-9-19(17-23(20)34-4)33-14-12-32(3)13-15-33/h5-11,16-18H,12-15H2,1-4H3,(H2,28,29,30,31). The Bertz CT molecular complexity index is 1330. The number of fused-ring (bicyclic) bond motifs is 1. The van der Waals surface area contributed by atoms with Gasteiger partial charge in [0, 0.05) is 48.1 Å². The lowest BCUT2D eigenvalue weighted by molar-refractivity contribution is 0.312. The van der Waals surface area contributed by atoms with Crippen molar-refractivity contribution < 1.29 is 4.74 Å². The zero-order valence-corrected chi connectivity index (χ0v) is 22.7. The molecule has 1 fully saturated rings. The molecule has 2 aromatic heterocycles. The SMILES string of the molecule is COc1cc(N2CCN(C)CC2)ccc1Nc1nc(Nc2ccccc2SC(C)C)c2sccc2n1. The molecule has 1 aliphatic rings. The molecule has 2 aromatic carbocycles. The van der Waals surface area contributed by atoms with Crippen molar-refractivity contribution in [1.29, 1.82) is 0 Å². The highest BCUT2D eigenvalue weighted by atomic mass is 32.2. The van der Waals surface area contributed by atoms with Crippen LogP contribution in [0.2, 0.25) is 0 Å². The Hall–Kier alpha value is -3.01. The van der Waals surface area contributed by atoms with E-state index >= 15 is 0 Å². The number of piperazine rings is 1. The molecule has 0 radical (unpaired) electrons. The number of thiophene rings is 1. The molecule has 3 heterocycles. The van der Waals surface area contributed by atoms with Gasteiger partial charge in [-0.05, 0) is 42.8 Å². The van der Waals surface area contributed by atoms with Crippen LogP contribution >= 0.6 is 23.1 Å². The summed E-state index contributed by atoms with van der Waals surface area (Å²) in [5.74, 6) is 2.10. The number of hydrogen-bond donors (Lipinski definition) is 2. The van der Waals surface area contributed by atoms with Gasteiger partial charge < -0.3 is 25.2 Å². The van der Waals surface area contributed by atoms with Gasteiger partial charge in [-0.3, -0.25) is 0 Å². The number of aromatic nitrogens is 2. The van der Waals surface area contributed by atoms with Crippen molar-refractivity contribution in [2.45, 2.75) is 24.0 Å². The number of nitrogens with zero attached hydrogens (tertiary/aromatic N) is 4. The number of rotatable bonds is 8. The number of nitrogens with one attached hydrogen (secondary N) is 2. The van der Waals surface area contributed by atoms with Crippen molar-refractivity contribution >= 4 is 62.1 Å². The van der Waals surface area contributed by atoms with E-state index in [1.165, 1.54) is 10.6 Å². The molecule has 5 rings (SSSR count). The van der Waals surface area contributed by atoms with E-state index in [0.717, 1.165) is 59.3 Å². The van der Waals surface area contributed by atoms with Crippen LogP contribution in [0.1, 0.15) is 13.8 Å². The fourth-order valence-corrected chi connectivity index (χ4v) is 5.91. The van der Waals surface area contributed by atoms with Crippen molar-refractivity contribution in [1.82, 2.24) is 14.9 Å². The van der Waals surface area contributed by atoms with E-state index in [4.69, 9.17) is 14.7 Å². The lowest BCUT2D eigenvalue weighted by Crippen LogP contribution is -2.44.